The maximum absolute atomic E-state index is 5.89. The fourth-order valence-electron chi connectivity index (χ4n) is 2.02. The fraction of sp³-hybridized carbons (Fsp3) is 0.818. The van der Waals surface area contributed by atoms with Gasteiger partial charge in [0.05, 0.1) is 11.0 Å². The molecule has 4 heteroatoms. The van der Waals surface area contributed by atoms with E-state index in [2.05, 4.69) is 26.2 Å². The molecule has 0 aromatic heterocycles. The van der Waals surface area contributed by atoms with Crippen LogP contribution < -0.4 is 0 Å². The van der Waals surface area contributed by atoms with Gasteiger partial charge in [0.15, 0.2) is 0 Å². The molecular formula is C11H24O2Si2. The van der Waals surface area contributed by atoms with Gasteiger partial charge in [-0.3, -0.25) is 0 Å². The van der Waals surface area contributed by atoms with Gasteiger partial charge in [-0.25, -0.2) is 0 Å². The minimum Gasteiger partial charge on any atom is -0.548 e. The quantitative estimate of drug-likeness (QED) is 0.556. The minimum atomic E-state index is -1.48. The van der Waals surface area contributed by atoms with E-state index in [1.807, 2.05) is 0 Å². The summed E-state index contributed by atoms with van der Waals surface area (Å²) in [6.07, 6.45) is 4.60. The molecule has 0 N–H and O–H groups in total. The Labute approximate surface area is 97.6 Å². The van der Waals surface area contributed by atoms with Crippen molar-refractivity contribution in [3.63, 3.8) is 0 Å². The molecule has 0 spiro atoms. The highest BCUT2D eigenvalue weighted by Crippen LogP contribution is 2.29. The molecule has 0 aliphatic carbocycles. The van der Waals surface area contributed by atoms with Gasteiger partial charge < -0.3 is 9.16 Å². The lowest BCUT2D eigenvalue weighted by Gasteiger charge is -2.35. The maximum atomic E-state index is 5.89. The highest BCUT2D eigenvalue weighted by Gasteiger charge is 2.30. The molecule has 1 atom stereocenters. The van der Waals surface area contributed by atoms with Gasteiger partial charge in [-0.05, 0) is 38.9 Å². The summed E-state index contributed by atoms with van der Waals surface area (Å²) in [5, 5.41) is 0.106. The second-order valence-corrected chi connectivity index (χ2v) is 11.9. The van der Waals surface area contributed by atoms with Crippen LogP contribution in [-0.4, -0.2) is 30.4 Å². The zero-order valence-electron chi connectivity index (χ0n) is 10.6. The van der Waals surface area contributed by atoms with Crippen molar-refractivity contribution in [3.8, 4) is 0 Å². The van der Waals surface area contributed by atoms with Gasteiger partial charge in [-0.15, -0.1) is 0 Å². The van der Waals surface area contributed by atoms with Gasteiger partial charge in [0, 0.05) is 23.3 Å². The van der Waals surface area contributed by atoms with E-state index in [4.69, 9.17) is 9.16 Å². The van der Waals surface area contributed by atoms with Gasteiger partial charge in [0.25, 0.3) is 0 Å². The highest BCUT2D eigenvalue weighted by atomic mass is 28.4. The molecule has 1 unspecified atom stereocenters. The van der Waals surface area contributed by atoms with Crippen molar-refractivity contribution in [1.82, 2.24) is 0 Å². The fourth-order valence-corrected chi connectivity index (χ4v) is 3.91. The molecule has 0 radical (unpaired) electrons. The highest BCUT2D eigenvalue weighted by molar-refractivity contribution is 6.70. The lowest BCUT2D eigenvalue weighted by atomic mass is 10.0. The van der Waals surface area contributed by atoms with E-state index >= 15 is 0 Å². The Bertz CT molecular complexity index is 227. The molecule has 0 amide bonds. The van der Waals surface area contributed by atoms with Crippen molar-refractivity contribution >= 4 is 18.6 Å². The lowest BCUT2D eigenvalue weighted by molar-refractivity contribution is -0.0214. The smallest absolute Gasteiger partial charge is 0.241 e. The van der Waals surface area contributed by atoms with Crippen LogP contribution in [0.2, 0.25) is 19.6 Å². The maximum Gasteiger partial charge on any atom is 0.241 e. The summed E-state index contributed by atoms with van der Waals surface area (Å²) < 4.78 is 11.8. The van der Waals surface area contributed by atoms with Crippen LogP contribution in [-0.2, 0) is 9.16 Å². The molecule has 0 saturated carbocycles. The van der Waals surface area contributed by atoms with Crippen molar-refractivity contribution in [3.05, 3.63) is 12.3 Å². The zero-order valence-corrected chi connectivity index (χ0v) is 13.6. The predicted molar refractivity (Wildman–Crippen MR) is 70.7 cm³/mol. The van der Waals surface area contributed by atoms with E-state index in [9.17, 15) is 0 Å². The van der Waals surface area contributed by atoms with E-state index < -0.39 is 8.32 Å². The van der Waals surface area contributed by atoms with E-state index in [0.29, 0.717) is 0 Å². The molecule has 1 saturated heterocycles. The first kappa shape index (κ1) is 13.0. The molecule has 15 heavy (non-hydrogen) atoms. The van der Waals surface area contributed by atoms with Crippen molar-refractivity contribution in [2.75, 3.05) is 6.61 Å². The van der Waals surface area contributed by atoms with Crippen molar-refractivity contribution in [2.45, 2.75) is 50.5 Å². The Hall–Kier alpha value is -0.0662. The van der Waals surface area contributed by atoms with Crippen LogP contribution in [0.4, 0.5) is 0 Å². The Morgan fingerprint density at radius 1 is 1.47 bits per heavy atom. The topological polar surface area (TPSA) is 18.5 Å². The second kappa shape index (κ2) is 4.84. The van der Waals surface area contributed by atoms with Crippen molar-refractivity contribution in [2.24, 2.45) is 0 Å². The molecular weight excluding hydrogens is 220 g/mol. The van der Waals surface area contributed by atoms with Crippen LogP contribution in [0.1, 0.15) is 25.7 Å². The Balaban J connectivity index is 2.42. The van der Waals surface area contributed by atoms with Crippen molar-refractivity contribution in [1.29, 1.82) is 0 Å². The van der Waals surface area contributed by atoms with Crippen LogP contribution in [0.15, 0.2) is 12.3 Å². The Morgan fingerprint density at radius 2 is 2.13 bits per heavy atom. The summed E-state index contributed by atoms with van der Waals surface area (Å²) >= 11 is 0. The lowest BCUT2D eigenvalue weighted by Crippen LogP contribution is -2.38. The standard InChI is InChI=1S/C11H24O2Si2/c1-10(13-15(2,3)4)9-11(14)7-5-6-8-12-11/h1,5-9H2,2-4,14H3. The number of rotatable bonds is 4. The van der Waals surface area contributed by atoms with Gasteiger partial charge >= 0.3 is 0 Å². The average molecular weight is 244 g/mol. The summed E-state index contributed by atoms with van der Waals surface area (Å²) in [7, 11) is -0.406. The van der Waals surface area contributed by atoms with Crippen LogP contribution in [0.5, 0.6) is 0 Å². The second-order valence-electron chi connectivity index (χ2n) is 5.69. The molecule has 1 rings (SSSR count). The van der Waals surface area contributed by atoms with Crippen molar-refractivity contribution < 1.29 is 9.16 Å². The molecule has 0 aromatic rings. The van der Waals surface area contributed by atoms with Crippen LogP contribution in [0.25, 0.3) is 0 Å². The molecule has 2 nitrogen and oxygen atoms in total. The van der Waals surface area contributed by atoms with Crippen LogP contribution in [0.3, 0.4) is 0 Å². The van der Waals surface area contributed by atoms with Gasteiger partial charge in [-0.1, -0.05) is 6.58 Å². The Kier molecular flexibility index (Phi) is 4.20. The minimum absolute atomic E-state index is 0.106. The van der Waals surface area contributed by atoms with Gasteiger partial charge in [0.1, 0.15) is 0 Å². The molecule has 1 aliphatic heterocycles. The van der Waals surface area contributed by atoms with Crippen LogP contribution >= 0.6 is 0 Å². The molecule has 0 aromatic carbocycles. The zero-order chi connectivity index (χ0) is 11.5. The number of ether oxygens (including phenoxy) is 1. The van der Waals surface area contributed by atoms with Gasteiger partial charge in [0.2, 0.25) is 8.32 Å². The Morgan fingerprint density at radius 3 is 2.60 bits per heavy atom. The summed E-state index contributed by atoms with van der Waals surface area (Å²) in [4.78, 5) is 0. The molecule has 88 valence electrons. The first-order valence-electron chi connectivity index (χ1n) is 5.82. The number of hydrogen-bond acceptors (Lipinski definition) is 2. The van der Waals surface area contributed by atoms with E-state index in [-0.39, 0.29) is 5.22 Å². The summed E-state index contributed by atoms with van der Waals surface area (Å²) in [6, 6.07) is 0. The largest absolute Gasteiger partial charge is 0.548 e. The third-order valence-corrected chi connectivity index (χ3v) is 4.62. The summed E-state index contributed by atoms with van der Waals surface area (Å²) in [5.74, 6) is 0.936. The average Bonchev–Trinajstić information content (AvgIpc) is 1.99. The SMILES string of the molecule is C=C(CC1([SiH3])CCCCO1)O[Si](C)(C)C. The van der Waals surface area contributed by atoms with E-state index in [1.165, 1.54) is 19.3 Å². The van der Waals surface area contributed by atoms with Gasteiger partial charge in [-0.2, -0.15) is 0 Å². The summed E-state index contributed by atoms with van der Waals surface area (Å²) in [5.41, 5.74) is 0. The molecule has 1 heterocycles. The monoisotopic (exact) mass is 244 g/mol. The van der Waals surface area contributed by atoms with E-state index in [0.717, 1.165) is 29.0 Å². The first-order chi connectivity index (χ1) is 6.81. The third kappa shape index (κ3) is 4.99. The van der Waals surface area contributed by atoms with E-state index in [1.54, 1.807) is 0 Å². The normalized spacial score (nSPS) is 27.7. The molecule has 0 bridgehead atoms. The molecule has 1 fully saturated rings. The van der Waals surface area contributed by atoms with Crippen LogP contribution in [0, 0.1) is 0 Å². The third-order valence-electron chi connectivity index (χ3n) is 2.57. The summed E-state index contributed by atoms with van der Waals surface area (Å²) in [6.45, 7) is 11.5. The molecule has 1 aliphatic rings. The first-order valence-corrected chi connectivity index (χ1v) is 10.2. The number of hydrogen-bond donors (Lipinski definition) is 0. The predicted octanol–water partition coefficient (Wildman–Crippen LogP) is 2.00.